The Kier molecular flexibility index (Phi) is 1.80. The fourth-order valence-electron chi connectivity index (χ4n) is 1.20. The van der Waals surface area contributed by atoms with Crippen LogP contribution in [0.3, 0.4) is 0 Å². The molecule has 0 saturated carbocycles. The SMILES string of the molecule is COCc1ccc2[nH]ccc2n1. The van der Waals surface area contributed by atoms with Crippen LogP contribution in [0.15, 0.2) is 24.4 Å². The fraction of sp³-hybridized carbons (Fsp3) is 0.222. The lowest BCUT2D eigenvalue weighted by Gasteiger charge is -1.97. The van der Waals surface area contributed by atoms with E-state index in [1.807, 2.05) is 24.4 Å². The van der Waals surface area contributed by atoms with Gasteiger partial charge in [0.2, 0.25) is 0 Å². The van der Waals surface area contributed by atoms with Gasteiger partial charge in [-0.05, 0) is 18.2 Å². The number of aromatic amines is 1. The number of nitrogens with one attached hydrogen (secondary N) is 1. The molecule has 2 aromatic rings. The Balaban J connectivity index is 2.46. The topological polar surface area (TPSA) is 37.9 Å². The molecule has 0 fully saturated rings. The third-order valence-electron chi connectivity index (χ3n) is 1.75. The van der Waals surface area contributed by atoms with Crippen molar-refractivity contribution in [3.8, 4) is 0 Å². The molecular weight excluding hydrogens is 152 g/mol. The number of nitrogens with zero attached hydrogens (tertiary/aromatic N) is 1. The first kappa shape index (κ1) is 7.31. The van der Waals surface area contributed by atoms with Crippen molar-refractivity contribution in [1.29, 1.82) is 0 Å². The summed E-state index contributed by atoms with van der Waals surface area (Å²) in [7, 11) is 1.67. The molecule has 3 nitrogen and oxygen atoms in total. The number of hydrogen-bond acceptors (Lipinski definition) is 2. The molecular formula is C9H10N2O. The van der Waals surface area contributed by atoms with Crippen molar-refractivity contribution in [1.82, 2.24) is 9.97 Å². The first-order chi connectivity index (χ1) is 5.90. The summed E-state index contributed by atoms with van der Waals surface area (Å²) in [6.07, 6.45) is 1.88. The molecule has 3 heteroatoms. The summed E-state index contributed by atoms with van der Waals surface area (Å²) in [6, 6.07) is 5.92. The second-order valence-corrected chi connectivity index (χ2v) is 2.65. The quantitative estimate of drug-likeness (QED) is 0.730. The van der Waals surface area contributed by atoms with Crippen LogP contribution in [0, 0.1) is 0 Å². The van der Waals surface area contributed by atoms with Gasteiger partial charge in [0.25, 0.3) is 0 Å². The van der Waals surface area contributed by atoms with Gasteiger partial charge in [-0.3, -0.25) is 0 Å². The van der Waals surface area contributed by atoms with Crippen LogP contribution in [-0.4, -0.2) is 17.1 Å². The van der Waals surface area contributed by atoms with Crippen molar-refractivity contribution in [2.24, 2.45) is 0 Å². The average Bonchev–Trinajstić information content (AvgIpc) is 2.51. The van der Waals surface area contributed by atoms with E-state index in [0.29, 0.717) is 6.61 Å². The van der Waals surface area contributed by atoms with Gasteiger partial charge in [-0.1, -0.05) is 0 Å². The number of aromatic nitrogens is 2. The molecule has 12 heavy (non-hydrogen) atoms. The molecule has 0 atom stereocenters. The second kappa shape index (κ2) is 2.95. The van der Waals surface area contributed by atoms with Crippen LogP contribution in [0.1, 0.15) is 5.69 Å². The van der Waals surface area contributed by atoms with Gasteiger partial charge in [0.05, 0.1) is 23.3 Å². The predicted octanol–water partition coefficient (Wildman–Crippen LogP) is 1.71. The zero-order valence-corrected chi connectivity index (χ0v) is 6.87. The summed E-state index contributed by atoms with van der Waals surface area (Å²) in [5.74, 6) is 0. The van der Waals surface area contributed by atoms with E-state index in [9.17, 15) is 0 Å². The molecule has 0 saturated heterocycles. The van der Waals surface area contributed by atoms with Gasteiger partial charge in [-0.25, -0.2) is 4.98 Å². The number of methoxy groups -OCH3 is 1. The van der Waals surface area contributed by atoms with Gasteiger partial charge in [-0.15, -0.1) is 0 Å². The molecule has 0 bridgehead atoms. The van der Waals surface area contributed by atoms with Gasteiger partial charge in [0, 0.05) is 13.3 Å². The number of fused-ring (bicyclic) bond motifs is 1. The summed E-state index contributed by atoms with van der Waals surface area (Å²) in [5, 5.41) is 0. The third kappa shape index (κ3) is 1.19. The zero-order chi connectivity index (χ0) is 8.39. The summed E-state index contributed by atoms with van der Waals surface area (Å²) < 4.78 is 4.98. The molecule has 0 spiro atoms. The van der Waals surface area contributed by atoms with Gasteiger partial charge >= 0.3 is 0 Å². The number of H-pyrrole nitrogens is 1. The van der Waals surface area contributed by atoms with Crippen molar-refractivity contribution in [3.63, 3.8) is 0 Å². The van der Waals surface area contributed by atoms with Crippen molar-refractivity contribution in [2.45, 2.75) is 6.61 Å². The Hall–Kier alpha value is -1.35. The Labute approximate surface area is 70.4 Å². The minimum Gasteiger partial charge on any atom is -0.378 e. The van der Waals surface area contributed by atoms with Crippen molar-refractivity contribution < 1.29 is 4.74 Å². The van der Waals surface area contributed by atoms with Crippen LogP contribution in [-0.2, 0) is 11.3 Å². The van der Waals surface area contributed by atoms with E-state index in [1.165, 1.54) is 0 Å². The lowest BCUT2D eigenvalue weighted by Crippen LogP contribution is -1.90. The minimum absolute atomic E-state index is 0.571. The largest absolute Gasteiger partial charge is 0.378 e. The maximum Gasteiger partial charge on any atom is 0.0884 e. The summed E-state index contributed by atoms with van der Waals surface area (Å²) in [5.41, 5.74) is 3.02. The first-order valence-corrected chi connectivity index (χ1v) is 3.82. The molecule has 0 aliphatic heterocycles. The van der Waals surface area contributed by atoms with E-state index in [2.05, 4.69) is 9.97 Å². The minimum atomic E-state index is 0.571. The van der Waals surface area contributed by atoms with Gasteiger partial charge < -0.3 is 9.72 Å². The Morgan fingerprint density at radius 3 is 3.17 bits per heavy atom. The summed E-state index contributed by atoms with van der Waals surface area (Å²) in [6.45, 7) is 0.571. The maximum atomic E-state index is 4.98. The van der Waals surface area contributed by atoms with Gasteiger partial charge in [0.15, 0.2) is 0 Å². The lowest BCUT2D eigenvalue weighted by atomic mass is 10.3. The number of hydrogen-bond donors (Lipinski definition) is 1. The van der Waals surface area contributed by atoms with E-state index >= 15 is 0 Å². The normalized spacial score (nSPS) is 10.8. The highest BCUT2D eigenvalue weighted by atomic mass is 16.5. The zero-order valence-electron chi connectivity index (χ0n) is 6.87. The maximum absolute atomic E-state index is 4.98. The van der Waals surface area contributed by atoms with Gasteiger partial charge in [0.1, 0.15) is 0 Å². The molecule has 0 amide bonds. The first-order valence-electron chi connectivity index (χ1n) is 3.82. The van der Waals surface area contributed by atoms with Crippen LogP contribution in [0.5, 0.6) is 0 Å². The Morgan fingerprint density at radius 1 is 1.42 bits per heavy atom. The van der Waals surface area contributed by atoms with Crippen LogP contribution < -0.4 is 0 Å². The number of rotatable bonds is 2. The third-order valence-corrected chi connectivity index (χ3v) is 1.75. The summed E-state index contributed by atoms with van der Waals surface area (Å²) in [4.78, 5) is 7.45. The molecule has 0 unspecified atom stereocenters. The van der Waals surface area contributed by atoms with Crippen molar-refractivity contribution in [2.75, 3.05) is 7.11 Å². The van der Waals surface area contributed by atoms with Crippen LogP contribution in [0.2, 0.25) is 0 Å². The molecule has 0 aromatic carbocycles. The standard InChI is InChI=1S/C9H10N2O/c1-12-6-7-2-3-8-9(11-7)4-5-10-8/h2-5,10H,6H2,1H3. The fourth-order valence-corrected chi connectivity index (χ4v) is 1.20. The monoisotopic (exact) mass is 162 g/mol. The molecule has 2 heterocycles. The van der Waals surface area contributed by atoms with E-state index in [4.69, 9.17) is 4.74 Å². The Bertz CT molecular complexity index is 381. The second-order valence-electron chi connectivity index (χ2n) is 2.65. The molecule has 0 aliphatic carbocycles. The lowest BCUT2D eigenvalue weighted by molar-refractivity contribution is 0.182. The number of pyridine rings is 1. The predicted molar refractivity (Wildman–Crippen MR) is 46.8 cm³/mol. The van der Waals surface area contributed by atoms with Crippen LogP contribution >= 0.6 is 0 Å². The molecule has 2 aromatic heterocycles. The van der Waals surface area contributed by atoms with Crippen molar-refractivity contribution >= 4 is 11.0 Å². The van der Waals surface area contributed by atoms with Gasteiger partial charge in [-0.2, -0.15) is 0 Å². The molecule has 0 radical (unpaired) electrons. The summed E-state index contributed by atoms with van der Waals surface area (Å²) >= 11 is 0. The average molecular weight is 162 g/mol. The molecule has 62 valence electrons. The smallest absolute Gasteiger partial charge is 0.0884 e. The molecule has 2 rings (SSSR count). The highest BCUT2D eigenvalue weighted by molar-refractivity contribution is 5.74. The van der Waals surface area contributed by atoms with E-state index < -0.39 is 0 Å². The Morgan fingerprint density at radius 2 is 2.33 bits per heavy atom. The van der Waals surface area contributed by atoms with Crippen LogP contribution in [0.25, 0.3) is 11.0 Å². The van der Waals surface area contributed by atoms with Crippen molar-refractivity contribution in [3.05, 3.63) is 30.1 Å². The highest BCUT2D eigenvalue weighted by Crippen LogP contribution is 2.09. The molecule has 1 N–H and O–H groups in total. The van der Waals surface area contributed by atoms with Crippen LogP contribution in [0.4, 0.5) is 0 Å². The highest BCUT2D eigenvalue weighted by Gasteiger charge is 1.97. The van der Waals surface area contributed by atoms with E-state index in [-0.39, 0.29) is 0 Å². The van der Waals surface area contributed by atoms with E-state index in [1.54, 1.807) is 7.11 Å². The molecule has 0 aliphatic rings. The van der Waals surface area contributed by atoms with E-state index in [0.717, 1.165) is 16.7 Å². The number of ether oxygens (including phenoxy) is 1.